The van der Waals surface area contributed by atoms with Gasteiger partial charge in [0.1, 0.15) is 5.69 Å². The zero-order valence-corrected chi connectivity index (χ0v) is 8.44. The normalized spacial score (nSPS) is 13.1. The third-order valence-corrected chi connectivity index (χ3v) is 2.07. The van der Waals surface area contributed by atoms with E-state index in [4.69, 9.17) is 5.11 Å². The molecule has 6 heteroatoms. The van der Waals surface area contributed by atoms with Crippen molar-refractivity contribution < 1.29 is 18.7 Å². The lowest BCUT2D eigenvalue weighted by Gasteiger charge is -2.05. The van der Waals surface area contributed by atoms with E-state index in [1.54, 1.807) is 0 Å². The van der Waals surface area contributed by atoms with Gasteiger partial charge in [-0.25, -0.2) is 8.78 Å². The maximum atomic E-state index is 12.3. The second kappa shape index (κ2) is 4.37. The van der Waals surface area contributed by atoms with Crippen LogP contribution in [0.3, 0.4) is 0 Å². The van der Waals surface area contributed by atoms with Crippen LogP contribution in [-0.2, 0) is 11.3 Å². The summed E-state index contributed by atoms with van der Waals surface area (Å²) < 4.78 is 25.9. The van der Waals surface area contributed by atoms with Crippen molar-refractivity contribution in [1.82, 2.24) is 9.78 Å². The van der Waals surface area contributed by atoms with E-state index < -0.39 is 18.3 Å². The standard InChI is InChI=1S/C9H12F2N2O2/c1-5-3-13(4-6(2)9(14)15)12-7(5)8(10)11/h3,6,8H,4H2,1-2H3,(H,14,15)/t6-/m0/s1. The Morgan fingerprint density at radius 1 is 1.67 bits per heavy atom. The summed E-state index contributed by atoms with van der Waals surface area (Å²) >= 11 is 0. The second-order valence-electron chi connectivity index (χ2n) is 3.46. The zero-order valence-electron chi connectivity index (χ0n) is 8.44. The van der Waals surface area contributed by atoms with Crippen molar-refractivity contribution in [3.63, 3.8) is 0 Å². The van der Waals surface area contributed by atoms with Crippen LogP contribution in [0.2, 0.25) is 0 Å². The number of carbonyl (C=O) groups is 1. The molecule has 84 valence electrons. The number of nitrogens with zero attached hydrogens (tertiary/aromatic N) is 2. The molecule has 4 nitrogen and oxygen atoms in total. The van der Waals surface area contributed by atoms with Gasteiger partial charge in [0.2, 0.25) is 0 Å². The molecule has 0 saturated carbocycles. The number of carboxylic acids is 1. The van der Waals surface area contributed by atoms with Crippen LogP contribution in [0.25, 0.3) is 0 Å². The maximum Gasteiger partial charge on any atom is 0.308 e. The van der Waals surface area contributed by atoms with Crippen molar-refractivity contribution in [2.45, 2.75) is 26.8 Å². The lowest BCUT2D eigenvalue weighted by atomic mass is 10.2. The monoisotopic (exact) mass is 218 g/mol. The van der Waals surface area contributed by atoms with Gasteiger partial charge in [0.05, 0.1) is 12.5 Å². The summed E-state index contributed by atoms with van der Waals surface area (Å²) in [5, 5.41) is 12.3. The van der Waals surface area contributed by atoms with E-state index in [0.29, 0.717) is 5.56 Å². The number of halogens is 2. The van der Waals surface area contributed by atoms with Crippen LogP contribution < -0.4 is 0 Å². The Morgan fingerprint density at radius 3 is 2.67 bits per heavy atom. The van der Waals surface area contributed by atoms with E-state index in [1.807, 2.05) is 0 Å². The summed E-state index contributed by atoms with van der Waals surface area (Å²) in [4.78, 5) is 10.5. The van der Waals surface area contributed by atoms with Gasteiger partial charge in [-0.1, -0.05) is 6.92 Å². The van der Waals surface area contributed by atoms with Crippen molar-refractivity contribution in [3.05, 3.63) is 17.5 Å². The van der Waals surface area contributed by atoms with Crippen molar-refractivity contribution >= 4 is 5.97 Å². The van der Waals surface area contributed by atoms with Gasteiger partial charge in [0.25, 0.3) is 6.43 Å². The van der Waals surface area contributed by atoms with Gasteiger partial charge in [-0.3, -0.25) is 9.48 Å². The molecule has 1 atom stereocenters. The first-order chi connectivity index (χ1) is 6.91. The molecule has 0 aliphatic carbocycles. The number of aryl methyl sites for hydroxylation is 1. The fourth-order valence-corrected chi connectivity index (χ4v) is 1.20. The summed E-state index contributed by atoms with van der Waals surface area (Å²) in [6, 6.07) is 0. The van der Waals surface area contributed by atoms with Gasteiger partial charge >= 0.3 is 5.97 Å². The first-order valence-electron chi connectivity index (χ1n) is 4.46. The molecule has 0 bridgehead atoms. The molecule has 1 aromatic heterocycles. The van der Waals surface area contributed by atoms with Gasteiger partial charge < -0.3 is 5.11 Å². The number of carboxylic acid groups (broad SMARTS) is 1. The Morgan fingerprint density at radius 2 is 2.27 bits per heavy atom. The van der Waals surface area contributed by atoms with Crippen LogP contribution in [0.4, 0.5) is 8.78 Å². The summed E-state index contributed by atoms with van der Waals surface area (Å²) in [6.45, 7) is 3.13. The van der Waals surface area contributed by atoms with Gasteiger partial charge in [-0.15, -0.1) is 0 Å². The highest BCUT2D eigenvalue weighted by atomic mass is 19.3. The summed E-state index contributed by atoms with van der Waals surface area (Å²) in [6.07, 6.45) is -1.19. The largest absolute Gasteiger partial charge is 0.481 e. The smallest absolute Gasteiger partial charge is 0.308 e. The van der Waals surface area contributed by atoms with Crippen LogP contribution in [0.1, 0.15) is 24.6 Å². The molecule has 1 rings (SSSR count). The molecule has 0 spiro atoms. The van der Waals surface area contributed by atoms with E-state index in [-0.39, 0.29) is 12.2 Å². The zero-order chi connectivity index (χ0) is 11.6. The van der Waals surface area contributed by atoms with Gasteiger partial charge in [0, 0.05) is 6.20 Å². The summed E-state index contributed by atoms with van der Waals surface area (Å²) in [7, 11) is 0. The maximum absolute atomic E-state index is 12.3. The third kappa shape index (κ3) is 2.74. The molecular formula is C9H12F2N2O2. The summed E-state index contributed by atoms with van der Waals surface area (Å²) in [5.74, 6) is -1.61. The highest BCUT2D eigenvalue weighted by molar-refractivity contribution is 5.69. The van der Waals surface area contributed by atoms with E-state index >= 15 is 0 Å². The topological polar surface area (TPSA) is 55.1 Å². The molecule has 0 fully saturated rings. The molecule has 15 heavy (non-hydrogen) atoms. The van der Waals surface area contributed by atoms with Crippen molar-refractivity contribution in [2.24, 2.45) is 5.92 Å². The molecule has 0 unspecified atom stereocenters. The Hall–Kier alpha value is -1.46. The molecule has 0 aliphatic rings. The fourth-order valence-electron chi connectivity index (χ4n) is 1.20. The SMILES string of the molecule is Cc1cn(C[C@H](C)C(=O)O)nc1C(F)F. The minimum absolute atomic E-state index is 0.100. The molecular weight excluding hydrogens is 206 g/mol. The van der Waals surface area contributed by atoms with E-state index in [9.17, 15) is 13.6 Å². The first kappa shape index (κ1) is 11.6. The predicted octanol–water partition coefficient (Wildman–Crippen LogP) is 1.85. The highest BCUT2D eigenvalue weighted by Gasteiger charge is 2.17. The average molecular weight is 218 g/mol. The fraction of sp³-hybridized carbons (Fsp3) is 0.556. The molecule has 0 radical (unpaired) electrons. The minimum atomic E-state index is -2.62. The Bertz CT molecular complexity index is 363. The highest BCUT2D eigenvalue weighted by Crippen LogP contribution is 2.20. The number of alkyl halides is 2. The Balaban J connectivity index is 2.79. The van der Waals surface area contributed by atoms with Crippen LogP contribution in [-0.4, -0.2) is 20.9 Å². The van der Waals surface area contributed by atoms with E-state index in [1.165, 1.54) is 24.7 Å². The van der Waals surface area contributed by atoms with E-state index in [2.05, 4.69) is 5.10 Å². The molecule has 1 N–H and O–H groups in total. The van der Waals surface area contributed by atoms with Gasteiger partial charge in [-0.05, 0) is 12.5 Å². The molecule has 0 aliphatic heterocycles. The lowest BCUT2D eigenvalue weighted by molar-refractivity contribution is -0.141. The van der Waals surface area contributed by atoms with E-state index in [0.717, 1.165) is 0 Å². The molecule has 0 amide bonds. The Kier molecular flexibility index (Phi) is 3.39. The lowest BCUT2D eigenvalue weighted by Crippen LogP contribution is -2.17. The Labute approximate surface area is 85.5 Å². The van der Waals surface area contributed by atoms with Crippen molar-refractivity contribution in [3.8, 4) is 0 Å². The third-order valence-electron chi connectivity index (χ3n) is 2.07. The predicted molar refractivity (Wildman–Crippen MR) is 48.7 cm³/mol. The molecule has 1 aromatic rings. The van der Waals surface area contributed by atoms with Crippen LogP contribution in [0, 0.1) is 12.8 Å². The molecule has 0 aromatic carbocycles. The van der Waals surface area contributed by atoms with Gasteiger partial charge in [-0.2, -0.15) is 5.10 Å². The minimum Gasteiger partial charge on any atom is -0.481 e. The first-order valence-corrected chi connectivity index (χ1v) is 4.46. The number of rotatable bonds is 4. The van der Waals surface area contributed by atoms with Crippen molar-refractivity contribution in [2.75, 3.05) is 0 Å². The molecule has 1 heterocycles. The number of hydrogen-bond acceptors (Lipinski definition) is 2. The van der Waals surface area contributed by atoms with Crippen molar-refractivity contribution in [1.29, 1.82) is 0 Å². The number of aromatic nitrogens is 2. The van der Waals surface area contributed by atoms with Crippen LogP contribution in [0.15, 0.2) is 6.20 Å². The number of hydrogen-bond donors (Lipinski definition) is 1. The van der Waals surface area contributed by atoms with Gasteiger partial charge in [0.15, 0.2) is 0 Å². The van der Waals surface area contributed by atoms with Crippen LogP contribution >= 0.6 is 0 Å². The number of aliphatic carboxylic acids is 1. The average Bonchev–Trinajstić information content (AvgIpc) is 2.46. The van der Waals surface area contributed by atoms with Crippen LogP contribution in [0.5, 0.6) is 0 Å². The second-order valence-corrected chi connectivity index (χ2v) is 3.46. The molecule has 0 saturated heterocycles. The quantitative estimate of drug-likeness (QED) is 0.839. The summed E-state index contributed by atoms with van der Waals surface area (Å²) in [5.41, 5.74) is 0.0928.